The van der Waals surface area contributed by atoms with Gasteiger partial charge in [-0.15, -0.1) is 0 Å². The van der Waals surface area contributed by atoms with Crippen LogP contribution in [0.4, 0.5) is 0 Å². The van der Waals surface area contributed by atoms with E-state index in [-0.39, 0.29) is 0 Å². The topological polar surface area (TPSA) is 42.4 Å². The smallest absolute Gasteiger partial charge is 0.153 e. The highest BCUT2D eigenvalue weighted by molar-refractivity contribution is 5.15. The summed E-state index contributed by atoms with van der Waals surface area (Å²) in [6.07, 6.45) is 1.67. The van der Waals surface area contributed by atoms with E-state index >= 15 is 0 Å². The molecule has 0 saturated carbocycles. The molecule has 1 N–H and O–H groups in total. The lowest BCUT2D eigenvalue weighted by Crippen LogP contribution is -2.47. The highest BCUT2D eigenvalue weighted by Gasteiger charge is 2.38. The summed E-state index contributed by atoms with van der Waals surface area (Å²) in [6.45, 7) is 0.730. The van der Waals surface area contributed by atoms with E-state index in [0.29, 0.717) is 18.9 Å². The zero-order valence-corrected chi connectivity index (χ0v) is 6.03. The van der Waals surface area contributed by atoms with Crippen molar-refractivity contribution >= 4 is 0 Å². The van der Waals surface area contributed by atoms with Crippen molar-refractivity contribution < 1.29 is 9.84 Å². The molecule has 3 nitrogen and oxygen atoms in total. The van der Waals surface area contributed by atoms with Crippen molar-refractivity contribution in [3.8, 4) is 0 Å². The Hall–Kier alpha value is -0.930. The predicted molar refractivity (Wildman–Crippen MR) is 39.0 cm³/mol. The fourth-order valence-corrected chi connectivity index (χ4v) is 1.08. The van der Waals surface area contributed by atoms with E-state index in [0.717, 1.165) is 0 Å². The molecule has 0 amide bonds. The predicted octanol–water partition coefficient (Wildman–Crippen LogP) is 0.299. The van der Waals surface area contributed by atoms with Gasteiger partial charge in [0.1, 0.15) is 0 Å². The summed E-state index contributed by atoms with van der Waals surface area (Å²) in [5.74, 6) is 0. The molecular weight excluding hydrogens is 142 g/mol. The number of nitrogens with zero attached hydrogens (tertiary/aromatic N) is 1. The molecule has 1 aromatic rings. The number of rotatable bonds is 1. The van der Waals surface area contributed by atoms with Crippen LogP contribution in [0.1, 0.15) is 5.69 Å². The van der Waals surface area contributed by atoms with Gasteiger partial charge in [0.15, 0.2) is 5.60 Å². The molecule has 1 aliphatic heterocycles. The van der Waals surface area contributed by atoms with Crippen LogP contribution in [0, 0.1) is 0 Å². The molecule has 0 unspecified atom stereocenters. The number of ether oxygens (including phenoxy) is 1. The van der Waals surface area contributed by atoms with Crippen molar-refractivity contribution in [2.45, 2.75) is 5.60 Å². The van der Waals surface area contributed by atoms with Crippen molar-refractivity contribution in [1.82, 2.24) is 4.98 Å². The van der Waals surface area contributed by atoms with Crippen LogP contribution in [0.15, 0.2) is 24.4 Å². The average molecular weight is 151 g/mol. The van der Waals surface area contributed by atoms with Gasteiger partial charge in [0.25, 0.3) is 0 Å². The Kier molecular flexibility index (Phi) is 1.41. The lowest BCUT2D eigenvalue weighted by Gasteiger charge is -2.35. The Labute approximate surface area is 64.6 Å². The zero-order chi connectivity index (χ0) is 7.73. The van der Waals surface area contributed by atoms with Crippen molar-refractivity contribution in [1.29, 1.82) is 0 Å². The van der Waals surface area contributed by atoms with Crippen molar-refractivity contribution in [2.24, 2.45) is 0 Å². The van der Waals surface area contributed by atoms with E-state index in [1.165, 1.54) is 0 Å². The Morgan fingerprint density at radius 1 is 1.45 bits per heavy atom. The van der Waals surface area contributed by atoms with Gasteiger partial charge >= 0.3 is 0 Å². The Bertz CT molecular complexity index is 244. The van der Waals surface area contributed by atoms with Gasteiger partial charge in [0.05, 0.1) is 18.9 Å². The van der Waals surface area contributed by atoms with Crippen LogP contribution in [0.5, 0.6) is 0 Å². The normalized spacial score (nSPS) is 20.8. The SMILES string of the molecule is OC1(c2ccccn2)COC1. The minimum absolute atomic E-state index is 0.365. The summed E-state index contributed by atoms with van der Waals surface area (Å²) in [7, 11) is 0. The Morgan fingerprint density at radius 3 is 2.73 bits per heavy atom. The molecule has 11 heavy (non-hydrogen) atoms. The average Bonchev–Trinajstić information content (AvgIpc) is 2.02. The molecule has 0 atom stereocenters. The lowest BCUT2D eigenvalue weighted by molar-refractivity contribution is -0.186. The maximum Gasteiger partial charge on any atom is 0.153 e. The summed E-state index contributed by atoms with van der Waals surface area (Å²) in [5.41, 5.74) is -0.118. The quantitative estimate of drug-likeness (QED) is 0.627. The van der Waals surface area contributed by atoms with Gasteiger partial charge in [-0.05, 0) is 12.1 Å². The van der Waals surface area contributed by atoms with Gasteiger partial charge < -0.3 is 9.84 Å². The summed E-state index contributed by atoms with van der Waals surface area (Å²) in [6, 6.07) is 5.49. The van der Waals surface area contributed by atoms with Gasteiger partial charge in [-0.3, -0.25) is 4.98 Å². The van der Waals surface area contributed by atoms with Gasteiger partial charge in [0.2, 0.25) is 0 Å². The van der Waals surface area contributed by atoms with E-state index in [2.05, 4.69) is 4.98 Å². The maximum atomic E-state index is 9.69. The summed E-state index contributed by atoms with van der Waals surface area (Å²) >= 11 is 0. The standard InChI is InChI=1S/C8H9NO2/c10-8(5-11-6-8)7-3-1-2-4-9-7/h1-4,10H,5-6H2. The van der Waals surface area contributed by atoms with Crippen LogP contribution in [0.25, 0.3) is 0 Å². The fraction of sp³-hybridized carbons (Fsp3) is 0.375. The molecule has 1 aliphatic rings. The molecule has 0 radical (unpaired) electrons. The van der Waals surface area contributed by atoms with Crippen LogP contribution in [-0.2, 0) is 10.3 Å². The fourth-order valence-electron chi connectivity index (χ4n) is 1.08. The second-order valence-corrected chi connectivity index (χ2v) is 2.74. The molecule has 1 saturated heterocycles. The second kappa shape index (κ2) is 2.29. The highest BCUT2D eigenvalue weighted by atomic mass is 16.5. The van der Waals surface area contributed by atoms with E-state index in [1.54, 1.807) is 6.20 Å². The molecule has 0 spiro atoms. The van der Waals surface area contributed by atoms with Gasteiger partial charge in [-0.25, -0.2) is 0 Å². The molecule has 2 rings (SSSR count). The van der Waals surface area contributed by atoms with Gasteiger partial charge in [0, 0.05) is 6.20 Å². The number of hydrogen-bond acceptors (Lipinski definition) is 3. The monoisotopic (exact) mass is 151 g/mol. The highest BCUT2D eigenvalue weighted by Crippen LogP contribution is 2.26. The van der Waals surface area contributed by atoms with Gasteiger partial charge in [-0.1, -0.05) is 6.07 Å². The second-order valence-electron chi connectivity index (χ2n) is 2.74. The molecule has 1 fully saturated rings. The van der Waals surface area contributed by atoms with Crippen LogP contribution in [0.3, 0.4) is 0 Å². The summed E-state index contributed by atoms with van der Waals surface area (Å²) in [5, 5.41) is 9.69. The molecule has 0 aromatic carbocycles. The molecule has 0 aliphatic carbocycles. The Balaban J connectivity index is 2.29. The minimum Gasteiger partial charge on any atom is -0.379 e. The third kappa shape index (κ3) is 1.02. The molecule has 1 aromatic heterocycles. The largest absolute Gasteiger partial charge is 0.379 e. The number of hydrogen-bond donors (Lipinski definition) is 1. The van der Waals surface area contributed by atoms with E-state index in [9.17, 15) is 5.11 Å². The lowest BCUT2D eigenvalue weighted by atomic mass is 9.97. The number of pyridine rings is 1. The van der Waals surface area contributed by atoms with Crippen molar-refractivity contribution in [3.05, 3.63) is 30.1 Å². The first kappa shape index (κ1) is 6.76. The minimum atomic E-state index is -0.818. The number of aromatic nitrogens is 1. The molecular formula is C8H9NO2. The first-order chi connectivity index (χ1) is 5.31. The maximum absolute atomic E-state index is 9.69. The third-order valence-electron chi connectivity index (χ3n) is 1.82. The van der Waals surface area contributed by atoms with Crippen LogP contribution in [-0.4, -0.2) is 23.3 Å². The van der Waals surface area contributed by atoms with Crippen LogP contribution in [0.2, 0.25) is 0 Å². The van der Waals surface area contributed by atoms with E-state index in [1.807, 2.05) is 18.2 Å². The Morgan fingerprint density at radius 2 is 2.27 bits per heavy atom. The molecule has 0 bridgehead atoms. The van der Waals surface area contributed by atoms with Crippen LogP contribution < -0.4 is 0 Å². The molecule has 58 valence electrons. The summed E-state index contributed by atoms with van der Waals surface area (Å²) in [4.78, 5) is 4.04. The van der Waals surface area contributed by atoms with Crippen LogP contribution >= 0.6 is 0 Å². The third-order valence-corrected chi connectivity index (χ3v) is 1.82. The first-order valence-corrected chi connectivity index (χ1v) is 3.53. The van der Waals surface area contributed by atoms with E-state index < -0.39 is 5.60 Å². The van der Waals surface area contributed by atoms with Gasteiger partial charge in [-0.2, -0.15) is 0 Å². The zero-order valence-electron chi connectivity index (χ0n) is 6.03. The molecule has 2 heterocycles. The van der Waals surface area contributed by atoms with Crippen molar-refractivity contribution in [2.75, 3.05) is 13.2 Å². The van der Waals surface area contributed by atoms with Crippen molar-refractivity contribution in [3.63, 3.8) is 0 Å². The first-order valence-electron chi connectivity index (χ1n) is 3.53. The number of aliphatic hydroxyl groups is 1. The molecule has 3 heteroatoms. The summed E-state index contributed by atoms with van der Waals surface area (Å²) < 4.78 is 4.90. The van der Waals surface area contributed by atoms with E-state index in [4.69, 9.17) is 4.74 Å².